The van der Waals surface area contributed by atoms with Crippen LogP contribution in [0.25, 0.3) is 10.8 Å². The SMILES string of the molecule is Fc1ccccc1[C@@H]1Oc2c(Br)cc(Br)cc2[C@H]2CC(c3ccc4ccccc4c3)=NN21. The van der Waals surface area contributed by atoms with E-state index >= 15 is 0 Å². The largest absolute Gasteiger partial charge is 0.463 e. The van der Waals surface area contributed by atoms with Gasteiger partial charge in [0.15, 0.2) is 0 Å². The average molecular weight is 552 g/mol. The fraction of sp³-hybridized carbons (Fsp3) is 0.115. The van der Waals surface area contributed by atoms with Gasteiger partial charge in [-0.3, -0.25) is 0 Å². The summed E-state index contributed by atoms with van der Waals surface area (Å²) in [6.45, 7) is 0. The number of fused-ring (bicyclic) bond motifs is 4. The molecule has 0 fully saturated rings. The molecule has 0 saturated heterocycles. The van der Waals surface area contributed by atoms with Crippen molar-refractivity contribution in [1.82, 2.24) is 5.01 Å². The average Bonchev–Trinajstić information content (AvgIpc) is 3.25. The van der Waals surface area contributed by atoms with Gasteiger partial charge < -0.3 is 4.74 Å². The summed E-state index contributed by atoms with van der Waals surface area (Å²) >= 11 is 7.23. The third-order valence-corrected chi connectivity index (χ3v) is 7.11. The fourth-order valence-corrected chi connectivity index (χ4v) is 5.89. The van der Waals surface area contributed by atoms with Crippen LogP contribution in [0.4, 0.5) is 4.39 Å². The Morgan fingerprint density at radius 3 is 2.50 bits per heavy atom. The molecule has 0 N–H and O–H groups in total. The summed E-state index contributed by atoms with van der Waals surface area (Å²) in [5.41, 5.74) is 3.54. The highest BCUT2D eigenvalue weighted by atomic mass is 79.9. The lowest BCUT2D eigenvalue weighted by Gasteiger charge is -2.38. The van der Waals surface area contributed by atoms with E-state index in [4.69, 9.17) is 9.84 Å². The molecule has 0 radical (unpaired) electrons. The Hall–Kier alpha value is -2.70. The monoisotopic (exact) mass is 550 g/mol. The van der Waals surface area contributed by atoms with Crippen molar-refractivity contribution in [2.24, 2.45) is 5.10 Å². The van der Waals surface area contributed by atoms with Crippen LogP contribution in [-0.2, 0) is 0 Å². The Kier molecular flexibility index (Phi) is 4.81. The summed E-state index contributed by atoms with van der Waals surface area (Å²) in [4.78, 5) is 0. The van der Waals surface area contributed by atoms with Crippen molar-refractivity contribution in [2.75, 3.05) is 0 Å². The molecule has 2 aliphatic heterocycles. The molecule has 0 aliphatic carbocycles. The lowest BCUT2D eigenvalue weighted by molar-refractivity contribution is -0.0218. The van der Waals surface area contributed by atoms with Gasteiger partial charge in [-0.05, 0) is 56.5 Å². The van der Waals surface area contributed by atoms with Crippen LogP contribution in [0.3, 0.4) is 0 Å². The summed E-state index contributed by atoms with van der Waals surface area (Å²) in [6.07, 6.45) is 0.0619. The van der Waals surface area contributed by atoms with Crippen LogP contribution in [0, 0.1) is 5.82 Å². The maximum atomic E-state index is 14.8. The molecule has 32 heavy (non-hydrogen) atoms. The van der Waals surface area contributed by atoms with Crippen LogP contribution >= 0.6 is 31.9 Å². The topological polar surface area (TPSA) is 24.8 Å². The predicted molar refractivity (Wildman–Crippen MR) is 131 cm³/mol. The highest BCUT2D eigenvalue weighted by Gasteiger charge is 2.42. The first kappa shape index (κ1) is 19.9. The first-order valence-corrected chi connectivity index (χ1v) is 11.9. The van der Waals surface area contributed by atoms with Crippen LogP contribution < -0.4 is 4.74 Å². The maximum Gasteiger partial charge on any atom is 0.216 e. The minimum absolute atomic E-state index is 0.0568. The Balaban J connectivity index is 1.49. The smallest absolute Gasteiger partial charge is 0.216 e. The second-order valence-electron chi connectivity index (χ2n) is 8.01. The molecule has 0 saturated carbocycles. The van der Waals surface area contributed by atoms with Crippen molar-refractivity contribution < 1.29 is 9.13 Å². The van der Waals surface area contributed by atoms with Gasteiger partial charge in [0.1, 0.15) is 11.6 Å². The van der Waals surface area contributed by atoms with Gasteiger partial charge >= 0.3 is 0 Å². The summed E-state index contributed by atoms with van der Waals surface area (Å²) in [5, 5.41) is 9.24. The lowest BCUT2D eigenvalue weighted by Crippen LogP contribution is -2.34. The molecule has 6 heteroatoms. The van der Waals surface area contributed by atoms with E-state index in [9.17, 15) is 4.39 Å². The molecule has 4 aromatic rings. The molecule has 2 aliphatic rings. The molecular weight excluding hydrogens is 535 g/mol. The number of rotatable bonds is 2. The minimum atomic E-state index is -0.649. The number of benzene rings is 4. The molecule has 6 rings (SSSR count). The van der Waals surface area contributed by atoms with E-state index in [1.807, 2.05) is 29.3 Å². The zero-order chi connectivity index (χ0) is 21.8. The second kappa shape index (κ2) is 7.71. The summed E-state index contributed by atoms with van der Waals surface area (Å²) in [5.74, 6) is 0.431. The number of hydrogen-bond donors (Lipinski definition) is 0. The highest BCUT2D eigenvalue weighted by Crippen LogP contribution is 2.51. The molecule has 3 nitrogen and oxygen atoms in total. The number of hydrogen-bond acceptors (Lipinski definition) is 3. The molecular formula is C26H17Br2FN2O. The molecule has 2 atom stereocenters. The van der Waals surface area contributed by atoms with E-state index in [0.717, 1.165) is 31.5 Å². The van der Waals surface area contributed by atoms with Gasteiger partial charge in [0.05, 0.1) is 21.8 Å². The quantitative estimate of drug-likeness (QED) is 0.254. The van der Waals surface area contributed by atoms with Crippen LogP contribution in [0.5, 0.6) is 5.75 Å². The van der Waals surface area contributed by atoms with Gasteiger partial charge in [0, 0.05) is 16.5 Å². The van der Waals surface area contributed by atoms with Crippen molar-refractivity contribution in [3.8, 4) is 5.75 Å². The summed E-state index contributed by atoms with van der Waals surface area (Å²) in [6, 6.07) is 25.4. The Morgan fingerprint density at radius 2 is 1.66 bits per heavy atom. The summed E-state index contributed by atoms with van der Waals surface area (Å²) < 4.78 is 22.9. The molecule has 0 aromatic heterocycles. The normalized spacial score (nSPS) is 19.3. The molecule has 158 valence electrons. The Bertz CT molecular complexity index is 1400. The Labute approximate surface area is 201 Å². The second-order valence-corrected chi connectivity index (χ2v) is 9.78. The zero-order valence-electron chi connectivity index (χ0n) is 16.8. The number of halogens is 3. The minimum Gasteiger partial charge on any atom is -0.463 e. The first-order valence-electron chi connectivity index (χ1n) is 10.3. The Morgan fingerprint density at radius 1 is 0.875 bits per heavy atom. The van der Waals surface area contributed by atoms with Gasteiger partial charge in [-0.2, -0.15) is 5.10 Å². The summed E-state index contributed by atoms with van der Waals surface area (Å²) in [7, 11) is 0. The van der Waals surface area contributed by atoms with Crippen LogP contribution in [0.2, 0.25) is 0 Å². The standard InChI is InChI=1S/C26H17Br2FN2O/c27-18-12-20-24-14-23(17-10-9-15-5-1-2-6-16(15)11-17)30-31(24)26(32-25(20)21(28)13-18)19-7-3-4-8-22(19)29/h1-13,24,26H,14H2/t24-,26+/m1/s1. The van der Waals surface area contributed by atoms with Gasteiger partial charge in [-0.1, -0.05) is 70.5 Å². The third kappa shape index (κ3) is 3.24. The fourth-order valence-electron chi connectivity index (χ4n) is 4.54. The van der Waals surface area contributed by atoms with Crippen molar-refractivity contribution >= 4 is 48.3 Å². The number of hydrazone groups is 1. The molecule has 0 amide bonds. The maximum absolute atomic E-state index is 14.8. The van der Waals surface area contributed by atoms with Crippen molar-refractivity contribution in [3.63, 3.8) is 0 Å². The highest BCUT2D eigenvalue weighted by molar-refractivity contribution is 9.11. The molecule has 0 unspecified atom stereocenters. The number of ether oxygens (including phenoxy) is 1. The van der Waals surface area contributed by atoms with E-state index in [1.54, 1.807) is 12.1 Å². The van der Waals surface area contributed by atoms with E-state index < -0.39 is 6.23 Å². The van der Waals surface area contributed by atoms with E-state index in [-0.39, 0.29) is 11.9 Å². The van der Waals surface area contributed by atoms with Crippen LogP contribution in [-0.4, -0.2) is 10.7 Å². The predicted octanol–water partition coefficient (Wildman–Crippen LogP) is 7.75. The van der Waals surface area contributed by atoms with E-state index in [1.165, 1.54) is 16.8 Å². The van der Waals surface area contributed by atoms with Gasteiger partial charge in [-0.15, -0.1) is 0 Å². The van der Waals surface area contributed by atoms with Crippen molar-refractivity contribution in [3.05, 3.63) is 110 Å². The van der Waals surface area contributed by atoms with Crippen LogP contribution in [0.1, 0.15) is 35.4 Å². The van der Waals surface area contributed by atoms with Gasteiger partial charge in [-0.25, -0.2) is 9.40 Å². The van der Waals surface area contributed by atoms with Crippen LogP contribution in [0.15, 0.2) is 92.9 Å². The van der Waals surface area contributed by atoms with Crippen molar-refractivity contribution in [1.29, 1.82) is 0 Å². The third-order valence-electron chi connectivity index (χ3n) is 6.06. The molecule has 2 heterocycles. The van der Waals surface area contributed by atoms with Gasteiger partial charge in [0.2, 0.25) is 6.23 Å². The first-order chi connectivity index (χ1) is 15.6. The number of nitrogens with zero attached hydrogens (tertiary/aromatic N) is 2. The molecule has 4 aromatic carbocycles. The zero-order valence-corrected chi connectivity index (χ0v) is 20.0. The van der Waals surface area contributed by atoms with E-state index in [2.05, 4.69) is 68.3 Å². The van der Waals surface area contributed by atoms with E-state index in [0.29, 0.717) is 12.0 Å². The molecule has 0 spiro atoms. The van der Waals surface area contributed by atoms with Crippen molar-refractivity contribution in [2.45, 2.75) is 18.7 Å². The molecule has 0 bridgehead atoms. The van der Waals surface area contributed by atoms with Gasteiger partial charge in [0.25, 0.3) is 0 Å². The lowest BCUT2D eigenvalue weighted by atomic mass is 9.95.